The van der Waals surface area contributed by atoms with Gasteiger partial charge < -0.3 is 14.7 Å². The van der Waals surface area contributed by atoms with Gasteiger partial charge in [-0.15, -0.1) is 0 Å². The molecule has 3 aromatic rings. The third kappa shape index (κ3) is 6.80. The van der Waals surface area contributed by atoms with E-state index in [-0.39, 0.29) is 11.4 Å². The van der Waals surface area contributed by atoms with Crippen LogP contribution in [0.1, 0.15) is 55.3 Å². The summed E-state index contributed by atoms with van der Waals surface area (Å²) in [6.07, 6.45) is 8.25. The Morgan fingerprint density at radius 3 is 2.29 bits per heavy atom. The highest BCUT2D eigenvalue weighted by atomic mass is 16.5. The molecule has 4 rings (SSSR count). The second kappa shape index (κ2) is 13.4. The Hall–Kier alpha value is -4.12. The van der Waals surface area contributed by atoms with Gasteiger partial charge in [-0.3, -0.25) is 9.59 Å². The zero-order valence-electron chi connectivity index (χ0n) is 21.9. The Balaban J connectivity index is 1.57. The van der Waals surface area contributed by atoms with Crippen LogP contribution in [0.4, 0.5) is 0 Å². The summed E-state index contributed by atoms with van der Waals surface area (Å²) < 4.78 is 5.89. The fourth-order valence-electron chi connectivity index (χ4n) is 4.67. The van der Waals surface area contributed by atoms with Crippen molar-refractivity contribution in [2.24, 2.45) is 0 Å². The van der Waals surface area contributed by atoms with E-state index in [2.05, 4.69) is 6.92 Å². The minimum Gasteiger partial charge on any atom is -0.503 e. The SMILES string of the molecule is CCCCCCOc1ccc(C2C(C(=O)C=Cc3ccccc3)=C(O)C(=O)N2CCc2ccccc2)cc1. The van der Waals surface area contributed by atoms with Crippen LogP contribution >= 0.6 is 0 Å². The topological polar surface area (TPSA) is 66.8 Å². The number of hydrogen-bond donors (Lipinski definition) is 1. The Bertz CT molecular complexity index is 1260. The summed E-state index contributed by atoms with van der Waals surface area (Å²) in [6.45, 7) is 3.20. The highest BCUT2D eigenvalue weighted by Crippen LogP contribution is 2.38. The van der Waals surface area contributed by atoms with E-state index >= 15 is 0 Å². The van der Waals surface area contributed by atoms with Crippen molar-refractivity contribution in [2.75, 3.05) is 13.2 Å². The summed E-state index contributed by atoms with van der Waals surface area (Å²) in [5.41, 5.74) is 2.80. The van der Waals surface area contributed by atoms with Crippen LogP contribution in [-0.2, 0) is 16.0 Å². The van der Waals surface area contributed by atoms with Crippen molar-refractivity contribution in [2.45, 2.75) is 45.1 Å². The molecule has 38 heavy (non-hydrogen) atoms. The van der Waals surface area contributed by atoms with E-state index in [4.69, 9.17) is 4.74 Å². The van der Waals surface area contributed by atoms with Gasteiger partial charge in [-0.1, -0.05) is 105 Å². The lowest BCUT2D eigenvalue weighted by molar-refractivity contribution is -0.129. The summed E-state index contributed by atoms with van der Waals surface area (Å²) in [7, 11) is 0. The number of unbranched alkanes of at least 4 members (excludes halogenated alkanes) is 3. The molecule has 1 unspecified atom stereocenters. The van der Waals surface area contributed by atoms with Crippen LogP contribution in [0.25, 0.3) is 6.08 Å². The number of carbonyl (C=O) groups excluding carboxylic acids is 2. The average Bonchev–Trinajstić information content (AvgIpc) is 3.21. The Morgan fingerprint density at radius 2 is 1.61 bits per heavy atom. The highest BCUT2D eigenvalue weighted by molar-refractivity contribution is 6.14. The monoisotopic (exact) mass is 509 g/mol. The van der Waals surface area contributed by atoms with Crippen LogP contribution in [0.3, 0.4) is 0 Å². The molecule has 0 bridgehead atoms. The van der Waals surface area contributed by atoms with Crippen molar-refractivity contribution in [3.63, 3.8) is 0 Å². The molecule has 1 atom stereocenters. The molecule has 196 valence electrons. The number of ether oxygens (including phenoxy) is 1. The Morgan fingerprint density at radius 1 is 0.921 bits per heavy atom. The molecule has 0 fully saturated rings. The number of amides is 1. The quantitative estimate of drug-likeness (QED) is 0.202. The lowest BCUT2D eigenvalue weighted by atomic mass is 9.95. The number of benzene rings is 3. The smallest absolute Gasteiger partial charge is 0.290 e. The predicted octanol–water partition coefficient (Wildman–Crippen LogP) is 6.87. The van der Waals surface area contributed by atoms with E-state index in [0.717, 1.165) is 35.3 Å². The van der Waals surface area contributed by atoms with Gasteiger partial charge in [0, 0.05) is 6.54 Å². The van der Waals surface area contributed by atoms with Crippen molar-refractivity contribution < 1.29 is 19.4 Å². The number of ketones is 1. The second-order valence-corrected chi connectivity index (χ2v) is 9.49. The van der Waals surface area contributed by atoms with Gasteiger partial charge in [-0.25, -0.2) is 0 Å². The number of rotatable bonds is 13. The van der Waals surface area contributed by atoms with Crippen molar-refractivity contribution in [1.29, 1.82) is 0 Å². The van der Waals surface area contributed by atoms with Crippen LogP contribution in [0.2, 0.25) is 0 Å². The van der Waals surface area contributed by atoms with Crippen LogP contribution in [0.15, 0.2) is 102 Å². The van der Waals surface area contributed by atoms with Gasteiger partial charge in [0.25, 0.3) is 5.91 Å². The van der Waals surface area contributed by atoms with Crippen molar-refractivity contribution >= 4 is 17.8 Å². The van der Waals surface area contributed by atoms with E-state index in [1.54, 1.807) is 11.0 Å². The third-order valence-electron chi connectivity index (χ3n) is 6.74. The van der Waals surface area contributed by atoms with E-state index in [1.807, 2.05) is 84.9 Å². The van der Waals surface area contributed by atoms with Gasteiger partial charge in [0.05, 0.1) is 18.2 Å². The lowest BCUT2D eigenvalue weighted by Gasteiger charge is -2.27. The summed E-state index contributed by atoms with van der Waals surface area (Å²) in [5.74, 6) is -0.653. The molecule has 3 aromatic carbocycles. The average molecular weight is 510 g/mol. The van der Waals surface area contributed by atoms with Crippen LogP contribution in [0, 0.1) is 0 Å². The Kier molecular flexibility index (Phi) is 9.52. The van der Waals surface area contributed by atoms with Gasteiger partial charge in [0.1, 0.15) is 5.75 Å². The number of aliphatic hydroxyl groups excluding tert-OH is 1. The van der Waals surface area contributed by atoms with Gasteiger partial charge in [0.15, 0.2) is 11.5 Å². The van der Waals surface area contributed by atoms with E-state index in [1.165, 1.54) is 18.9 Å². The summed E-state index contributed by atoms with van der Waals surface area (Å²) >= 11 is 0. The standard InChI is InChI=1S/C33H35NO4/c1-2-3-4-11-24-38-28-19-17-27(18-20-28)31-30(29(35)21-16-25-12-7-5-8-13-25)32(36)33(37)34(31)23-22-26-14-9-6-10-15-26/h5-10,12-21,31,36H,2-4,11,22-24H2,1H3. The minimum atomic E-state index is -0.683. The molecular formula is C33H35NO4. The first-order chi connectivity index (χ1) is 18.6. The number of hydrogen-bond acceptors (Lipinski definition) is 4. The molecule has 1 heterocycles. The number of allylic oxidation sites excluding steroid dienone is 1. The molecule has 0 aromatic heterocycles. The maximum atomic E-state index is 13.4. The summed E-state index contributed by atoms with van der Waals surface area (Å²) in [5, 5.41) is 10.9. The second-order valence-electron chi connectivity index (χ2n) is 9.49. The van der Waals surface area contributed by atoms with Crippen molar-refractivity contribution in [3.05, 3.63) is 119 Å². The molecule has 1 aliphatic heterocycles. The van der Waals surface area contributed by atoms with Crippen molar-refractivity contribution in [1.82, 2.24) is 4.90 Å². The van der Waals surface area contributed by atoms with Gasteiger partial charge in [-0.2, -0.15) is 0 Å². The normalized spacial score (nSPS) is 15.4. The molecule has 0 saturated carbocycles. The number of nitrogens with zero attached hydrogens (tertiary/aromatic N) is 1. The largest absolute Gasteiger partial charge is 0.503 e. The molecule has 1 aliphatic rings. The van der Waals surface area contributed by atoms with E-state index in [0.29, 0.717) is 19.6 Å². The number of carbonyl (C=O) groups is 2. The zero-order valence-corrected chi connectivity index (χ0v) is 21.9. The molecule has 0 radical (unpaired) electrons. The maximum absolute atomic E-state index is 13.4. The van der Waals surface area contributed by atoms with E-state index in [9.17, 15) is 14.7 Å². The first-order valence-corrected chi connectivity index (χ1v) is 13.4. The molecule has 0 saturated heterocycles. The van der Waals surface area contributed by atoms with Gasteiger partial charge >= 0.3 is 0 Å². The first-order valence-electron chi connectivity index (χ1n) is 13.4. The molecular weight excluding hydrogens is 474 g/mol. The third-order valence-corrected chi connectivity index (χ3v) is 6.74. The first kappa shape index (κ1) is 26.9. The molecule has 5 heteroatoms. The molecule has 1 N–H and O–H groups in total. The molecule has 0 spiro atoms. The maximum Gasteiger partial charge on any atom is 0.290 e. The highest BCUT2D eigenvalue weighted by Gasteiger charge is 2.42. The fraction of sp³-hybridized carbons (Fsp3) is 0.273. The zero-order chi connectivity index (χ0) is 26.7. The van der Waals surface area contributed by atoms with Crippen LogP contribution in [-0.4, -0.2) is 34.8 Å². The predicted molar refractivity (Wildman–Crippen MR) is 151 cm³/mol. The molecule has 0 aliphatic carbocycles. The Labute approximate surface area is 225 Å². The van der Waals surface area contributed by atoms with Crippen LogP contribution < -0.4 is 4.74 Å². The van der Waals surface area contributed by atoms with Crippen molar-refractivity contribution in [3.8, 4) is 5.75 Å². The van der Waals surface area contributed by atoms with Crippen LogP contribution in [0.5, 0.6) is 5.75 Å². The summed E-state index contributed by atoms with van der Waals surface area (Å²) in [4.78, 5) is 28.2. The summed E-state index contributed by atoms with van der Waals surface area (Å²) in [6, 6.07) is 26.1. The molecule has 1 amide bonds. The lowest BCUT2D eigenvalue weighted by Crippen LogP contribution is -2.33. The molecule has 5 nitrogen and oxygen atoms in total. The fourth-order valence-corrected chi connectivity index (χ4v) is 4.67. The minimum absolute atomic E-state index is 0.100. The van der Waals surface area contributed by atoms with E-state index < -0.39 is 17.7 Å². The number of aliphatic hydroxyl groups is 1. The van der Waals surface area contributed by atoms with Gasteiger partial charge in [-0.05, 0) is 47.7 Å². The van der Waals surface area contributed by atoms with Gasteiger partial charge in [0.2, 0.25) is 0 Å².